The van der Waals surface area contributed by atoms with Gasteiger partial charge in [0.25, 0.3) is 0 Å². The highest BCUT2D eigenvalue weighted by atomic mass is 16.4. The number of carboxylic acids is 2. The van der Waals surface area contributed by atoms with Crippen LogP contribution in [0.4, 0.5) is 0 Å². The Hall–Kier alpha value is -3.75. The molecule has 11 N–H and O–H groups in total. The molecule has 15 heteroatoms. The fraction of sp³-hybridized carbons (Fsp3) is 0.650. The van der Waals surface area contributed by atoms with E-state index in [0.29, 0.717) is 6.42 Å². The van der Waals surface area contributed by atoms with Crippen molar-refractivity contribution in [3.63, 3.8) is 0 Å². The first-order valence-corrected chi connectivity index (χ1v) is 10.9. The number of hydrogen-bond donors (Lipinski definition) is 8. The van der Waals surface area contributed by atoms with E-state index in [1.54, 1.807) is 13.8 Å². The first-order valence-electron chi connectivity index (χ1n) is 10.9. The van der Waals surface area contributed by atoms with Gasteiger partial charge in [0, 0.05) is 12.8 Å². The summed E-state index contributed by atoms with van der Waals surface area (Å²) in [5, 5.41) is 25.0. The SMILES string of the molecule is CC[C@H](C)[C@H](N)C(=O)N[C@@H](CC(=O)O)C(=O)N[C@@H](CCC(N)=O)C(=O)N[C@@H](CCC(N)=O)C(=O)O. The van der Waals surface area contributed by atoms with Gasteiger partial charge in [0.1, 0.15) is 18.1 Å². The Labute approximate surface area is 201 Å². The molecular formula is C20H34N6O9. The number of primary amides is 2. The van der Waals surface area contributed by atoms with Gasteiger partial charge in [-0.25, -0.2) is 4.79 Å². The van der Waals surface area contributed by atoms with Gasteiger partial charge < -0.3 is 43.4 Å². The molecule has 0 saturated heterocycles. The Bertz CT molecular complexity index is 819. The van der Waals surface area contributed by atoms with Crippen molar-refractivity contribution in [3.05, 3.63) is 0 Å². The Morgan fingerprint density at radius 3 is 1.60 bits per heavy atom. The zero-order chi connectivity index (χ0) is 27.3. The minimum atomic E-state index is -1.62. The molecule has 0 aliphatic heterocycles. The van der Waals surface area contributed by atoms with Gasteiger partial charge in [-0.1, -0.05) is 20.3 Å². The van der Waals surface area contributed by atoms with E-state index in [2.05, 4.69) is 16.0 Å². The molecule has 0 heterocycles. The summed E-state index contributed by atoms with van der Waals surface area (Å²) in [6, 6.07) is -5.70. The van der Waals surface area contributed by atoms with E-state index >= 15 is 0 Å². The second-order valence-electron chi connectivity index (χ2n) is 8.04. The summed E-state index contributed by atoms with van der Waals surface area (Å²) >= 11 is 0. The van der Waals surface area contributed by atoms with Gasteiger partial charge in [0.15, 0.2) is 0 Å². The molecule has 0 aliphatic rings. The predicted molar refractivity (Wildman–Crippen MR) is 120 cm³/mol. The number of carboxylic acid groups (broad SMARTS) is 2. The van der Waals surface area contributed by atoms with Crippen LogP contribution in [-0.4, -0.2) is 75.9 Å². The molecule has 0 spiro atoms. The summed E-state index contributed by atoms with van der Waals surface area (Å²) in [6.45, 7) is 3.48. The van der Waals surface area contributed by atoms with Crippen LogP contribution in [0.15, 0.2) is 0 Å². The lowest BCUT2D eigenvalue weighted by atomic mass is 9.99. The molecule has 198 valence electrons. The molecule has 0 unspecified atom stereocenters. The highest BCUT2D eigenvalue weighted by molar-refractivity contribution is 5.96. The molecular weight excluding hydrogens is 468 g/mol. The van der Waals surface area contributed by atoms with Gasteiger partial charge in [-0.2, -0.15) is 0 Å². The van der Waals surface area contributed by atoms with Crippen molar-refractivity contribution in [2.75, 3.05) is 0 Å². The molecule has 0 saturated carbocycles. The smallest absolute Gasteiger partial charge is 0.326 e. The van der Waals surface area contributed by atoms with Gasteiger partial charge in [0.05, 0.1) is 12.5 Å². The molecule has 0 bridgehead atoms. The number of carbonyl (C=O) groups excluding carboxylic acids is 5. The Morgan fingerprint density at radius 2 is 1.17 bits per heavy atom. The van der Waals surface area contributed by atoms with E-state index in [4.69, 9.17) is 22.3 Å². The molecule has 15 nitrogen and oxygen atoms in total. The lowest BCUT2D eigenvalue weighted by Crippen LogP contribution is -2.58. The van der Waals surface area contributed by atoms with Crippen LogP contribution >= 0.6 is 0 Å². The fourth-order valence-electron chi connectivity index (χ4n) is 2.81. The summed E-state index contributed by atoms with van der Waals surface area (Å²) in [4.78, 5) is 82.6. The number of hydrogen-bond acceptors (Lipinski definition) is 8. The molecule has 0 aromatic carbocycles. The summed E-state index contributed by atoms with van der Waals surface area (Å²) in [5.41, 5.74) is 15.9. The van der Waals surface area contributed by atoms with Crippen LogP contribution in [0.3, 0.4) is 0 Å². The second kappa shape index (κ2) is 15.2. The van der Waals surface area contributed by atoms with Gasteiger partial charge in [-0.3, -0.25) is 28.8 Å². The number of rotatable bonds is 17. The van der Waals surface area contributed by atoms with Crippen LogP contribution in [-0.2, 0) is 33.6 Å². The number of carbonyl (C=O) groups is 7. The van der Waals surface area contributed by atoms with Crippen LogP contribution in [0.2, 0.25) is 0 Å². The van der Waals surface area contributed by atoms with Crippen molar-refractivity contribution in [1.82, 2.24) is 16.0 Å². The van der Waals surface area contributed by atoms with E-state index < -0.39 is 72.1 Å². The first kappa shape index (κ1) is 31.2. The maximum Gasteiger partial charge on any atom is 0.326 e. The summed E-state index contributed by atoms with van der Waals surface area (Å²) in [7, 11) is 0. The zero-order valence-corrected chi connectivity index (χ0v) is 19.6. The van der Waals surface area contributed by atoms with Crippen LogP contribution in [0, 0.1) is 5.92 Å². The molecule has 0 aliphatic carbocycles. The average Bonchev–Trinajstić information content (AvgIpc) is 2.76. The number of nitrogens with one attached hydrogen (secondary N) is 3. The highest BCUT2D eigenvalue weighted by Crippen LogP contribution is 2.07. The van der Waals surface area contributed by atoms with Crippen LogP contribution in [0.1, 0.15) is 52.4 Å². The quantitative estimate of drug-likeness (QED) is 0.0991. The van der Waals surface area contributed by atoms with E-state index in [0.717, 1.165) is 0 Å². The largest absolute Gasteiger partial charge is 0.481 e. The van der Waals surface area contributed by atoms with Crippen molar-refractivity contribution in [3.8, 4) is 0 Å². The Kier molecular flexibility index (Phi) is 13.6. The average molecular weight is 503 g/mol. The van der Waals surface area contributed by atoms with Crippen LogP contribution < -0.4 is 33.2 Å². The third-order valence-corrected chi connectivity index (χ3v) is 5.18. The van der Waals surface area contributed by atoms with Gasteiger partial charge >= 0.3 is 11.9 Å². The van der Waals surface area contributed by atoms with Crippen molar-refractivity contribution in [2.45, 2.75) is 76.5 Å². The van der Waals surface area contributed by atoms with E-state index in [1.807, 2.05) is 0 Å². The predicted octanol–water partition coefficient (Wildman–Crippen LogP) is -3.10. The van der Waals surface area contributed by atoms with Gasteiger partial charge in [-0.05, 0) is 18.8 Å². The number of amides is 5. The van der Waals surface area contributed by atoms with Crippen molar-refractivity contribution < 1.29 is 43.8 Å². The molecule has 35 heavy (non-hydrogen) atoms. The maximum absolute atomic E-state index is 12.8. The third-order valence-electron chi connectivity index (χ3n) is 5.18. The monoisotopic (exact) mass is 502 g/mol. The minimum Gasteiger partial charge on any atom is -0.481 e. The summed E-state index contributed by atoms with van der Waals surface area (Å²) in [6.07, 6.45) is -1.72. The molecule has 0 radical (unpaired) electrons. The van der Waals surface area contributed by atoms with Gasteiger partial charge in [0.2, 0.25) is 29.5 Å². The van der Waals surface area contributed by atoms with Crippen molar-refractivity contribution in [1.29, 1.82) is 0 Å². The van der Waals surface area contributed by atoms with E-state index in [9.17, 15) is 38.7 Å². The minimum absolute atomic E-state index is 0.272. The fourth-order valence-corrected chi connectivity index (χ4v) is 2.81. The molecule has 5 amide bonds. The normalized spacial score (nSPS) is 14.9. The molecule has 5 atom stereocenters. The lowest BCUT2D eigenvalue weighted by Gasteiger charge is -2.25. The Balaban J connectivity index is 5.64. The highest BCUT2D eigenvalue weighted by Gasteiger charge is 2.32. The zero-order valence-electron chi connectivity index (χ0n) is 19.6. The van der Waals surface area contributed by atoms with Crippen LogP contribution in [0.25, 0.3) is 0 Å². The van der Waals surface area contributed by atoms with Crippen molar-refractivity contribution >= 4 is 41.5 Å². The van der Waals surface area contributed by atoms with E-state index in [-0.39, 0.29) is 31.6 Å². The second-order valence-corrected chi connectivity index (χ2v) is 8.04. The lowest BCUT2D eigenvalue weighted by molar-refractivity contribution is -0.143. The summed E-state index contributed by atoms with van der Waals surface area (Å²) in [5.74, 6) is -7.70. The number of nitrogens with two attached hydrogens (primary N) is 3. The maximum atomic E-state index is 12.8. The topological polar surface area (TPSA) is 274 Å². The van der Waals surface area contributed by atoms with Crippen molar-refractivity contribution in [2.24, 2.45) is 23.1 Å². The van der Waals surface area contributed by atoms with E-state index in [1.165, 1.54) is 0 Å². The molecule has 0 aromatic heterocycles. The summed E-state index contributed by atoms with van der Waals surface area (Å²) < 4.78 is 0. The molecule has 0 fully saturated rings. The van der Waals surface area contributed by atoms with Gasteiger partial charge in [-0.15, -0.1) is 0 Å². The molecule has 0 aromatic rings. The molecule has 0 rings (SSSR count). The standard InChI is InChI=1S/C20H34N6O9/c1-3-9(2)16(23)19(33)26-12(8-15(29)30)18(32)24-10(4-6-13(21)27)17(31)25-11(20(34)35)5-7-14(22)28/h9-12,16H,3-8,23H2,1-2H3,(H2,21,27)(H2,22,28)(H,24,32)(H,25,31)(H,26,33)(H,29,30)(H,34,35)/t9-,10-,11-,12-,16-/m0/s1. The Morgan fingerprint density at radius 1 is 0.743 bits per heavy atom. The first-order chi connectivity index (χ1) is 16.2. The number of aliphatic carboxylic acids is 2. The third kappa shape index (κ3) is 12.3. The van der Waals surface area contributed by atoms with Crippen LogP contribution in [0.5, 0.6) is 0 Å².